The van der Waals surface area contributed by atoms with Crippen molar-refractivity contribution >= 4 is 33.3 Å². The zero-order valence-corrected chi connectivity index (χ0v) is 29.4. The molecule has 16 heteroatoms. The first kappa shape index (κ1) is 36.7. The van der Waals surface area contributed by atoms with Crippen LogP contribution in [0.3, 0.4) is 0 Å². The molecule has 3 amide bonds. The van der Waals surface area contributed by atoms with E-state index in [9.17, 15) is 23.1 Å². The van der Waals surface area contributed by atoms with Crippen molar-refractivity contribution in [1.29, 1.82) is 0 Å². The van der Waals surface area contributed by atoms with E-state index in [1.54, 1.807) is 40.9 Å². The number of aliphatic hydroxyl groups is 1. The van der Waals surface area contributed by atoms with Crippen molar-refractivity contribution in [2.24, 2.45) is 13.0 Å². The summed E-state index contributed by atoms with van der Waals surface area (Å²) in [6.07, 6.45) is 4.27. The number of ether oxygens (including phenoxy) is 2. The van der Waals surface area contributed by atoms with Gasteiger partial charge < -0.3 is 38.8 Å². The van der Waals surface area contributed by atoms with E-state index in [1.165, 1.54) is 39.0 Å². The normalized spacial score (nSPS) is 20.3. The lowest BCUT2D eigenvalue weighted by molar-refractivity contribution is -0.0115. The molecule has 2 aromatic heterocycles. The second kappa shape index (κ2) is 15.8. The number of nitrogens with zero attached hydrogens (tertiary/aromatic N) is 5. The van der Waals surface area contributed by atoms with E-state index in [0.717, 1.165) is 12.8 Å². The largest absolute Gasteiger partial charge is 0.490 e. The van der Waals surface area contributed by atoms with Gasteiger partial charge in [-0.05, 0) is 65.2 Å². The summed E-state index contributed by atoms with van der Waals surface area (Å²) in [6.45, 7) is 9.54. The van der Waals surface area contributed by atoms with Crippen LogP contribution in [0.2, 0.25) is 0 Å². The number of anilines is 2. The van der Waals surface area contributed by atoms with Gasteiger partial charge in [0.25, 0.3) is 15.9 Å². The fourth-order valence-corrected chi connectivity index (χ4v) is 6.43. The molecule has 1 aromatic carbocycles. The summed E-state index contributed by atoms with van der Waals surface area (Å²) in [5.74, 6) is 0.0611. The van der Waals surface area contributed by atoms with Gasteiger partial charge in [-0.3, -0.25) is 9.52 Å². The quantitative estimate of drug-likeness (QED) is 0.315. The Labute approximate surface area is 281 Å². The second-order valence-electron chi connectivity index (χ2n) is 12.5. The van der Waals surface area contributed by atoms with Crippen molar-refractivity contribution in [1.82, 2.24) is 24.5 Å². The number of fused-ring (bicyclic) bond motifs is 1. The van der Waals surface area contributed by atoms with Gasteiger partial charge in [0.15, 0.2) is 10.8 Å². The number of benzene rings is 1. The number of carbonyl (C=O) groups is 2. The minimum absolute atomic E-state index is 0.140. The van der Waals surface area contributed by atoms with E-state index in [2.05, 4.69) is 20.2 Å². The number of aryl methyl sites for hydroxylation is 3. The maximum Gasteiger partial charge on any atom is 0.321 e. The van der Waals surface area contributed by atoms with Crippen molar-refractivity contribution < 1.29 is 37.1 Å². The SMILES string of the molecule is Cc1noc(C)c1NC(=O)N(C)C[C@@H]1OCCCC[C@@H](C)Oc2ccc(NS(=O)(=O)c3cn(C)cn3)cc2C(=O)N([C@H](C)CO)C[C@@H]1C. The van der Waals surface area contributed by atoms with Gasteiger partial charge in [-0.15, -0.1) is 0 Å². The molecule has 0 saturated carbocycles. The second-order valence-corrected chi connectivity index (χ2v) is 14.1. The average Bonchev–Trinajstić information content (AvgIpc) is 3.63. The fourth-order valence-electron chi connectivity index (χ4n) is 5.40. The van der Waals surface area contributed by atoms with Crippen LogP contribution in [0.25, 0.3) is 0 Å². The Hall–Kier alpha value is -4.15. The van der Waals surface area contributed by atoms with E-state index in [0.29, 0.717) is 35.9 Å². The van der Waals surface area contributed by atoms with Gasteiger partial charge >= 0.3 is 6.03 Å². The Balaban J connectivity index is 1.63. The number of nitrogens with one attached hydrogen (secondary N) is 2. The third-order valence-electron chi connectivity index (χ3n) is 8.33. The molecule has 3 aromatic rings. The zero-order chi connectivity index (χ0) is 35.2. The number of hydrogen-bond acceptors (Lipinski definition) is 10. The van der Waals surface area contributed by atoms with Gasteiger partial charge in [0, 0.05) is 51.6 Å². The van der Waals surface area contributed by atoms with Gasteiger partial charge in [0.05, 0.1) is 36.7 Å². The van der Waals surface area contributed by atoms with Crippen LogP contribution in [0.1, 0.15) is 61.8 Å². The molecule has 15 nitrogen and oxygen atoms in total. The van der Waals surface area contributed by atoms with E-state index in [4.69, 9.17) is 14.0 Å². The highest BCUT2D eigenvalue weighted by Crippen LogP contribution is 2.29. The number of likely N-dealkylation sites (N-methyl/N-ethyl adjacent to an activating group) is 1. The molecule has 0 bridgehead atoms. The number of sulfonamides is 1. The number of hydrogen-bond donors (Lipinski definition) is 3. The molecule has 4 atom stereocenters. The van der Waals surface area contributed by atoms with Crippen LogP contribution in [0.5, 0.6) is 5.75 Å². The number of amides is 3. The van der Waals surface area contributed by atoms with Gasteiger partial charge in [0.2, 0.25) is 0 Å². The molecule has 0 unspecified atom stereocenters. The van der Waals surface area contributed by atoms with E-state index in [-0.39, 0.29) is 54.0 Å². The van der Waals surface area contributed by atoms with Crippen LogP contribution in [-0.4, -0.2) is 102 Å². The minimum Gasteiger partial charge on any atom is -0.490 e. The number of urea groups is 1. The number of aliphatic hydroxyl groups excluding tert-OH is 1. The summed E-state index contributed by atoms with van der Waals surface area (Å²) in [7, 11) is -0.711. The van der Waals surface area contributed by atoms with Crippen molar-refractivity contribution in [3.8, 4) is 5.75 Å². The lowest BCUT2D eigenvalue weighted by Crippen LogP contribution is -2.48. The van der Waals surface area contributed by atoms with E-state index >= 15 is 0 Å². The van der Waals surface area contributed by atoms with E-state index in [1.807, 2.05) is 13.8 Å². The molecule has 0 spiro atoms. The molecule has 0 saturated heterocycles. The molecule has 3 N–H and O–H groups in total. The predicted octanol–water partition coefficient (Wildman–Crippen LogP) is 3.79. The number of carbonyl (C=O) groups excluding carboxylic acids is 2. The fraction of sp³-hybridized carbons (Fsp3) is 0.562. The minimum atomic E-state index is -4.04. The average molecular weight is 690 g/mol. The maximum absolute atomic E-state index is 14.3. The van der Waals surface area contributed by atoms with Crippen molar-refractivity contribution in [2.45, 2.75) is 77.2 Å². The van der Waals surface area contributed by atoms with Crippen molar-refractivity contribution in [2.75, 3.05) is 43.4 Å². The van der Waals surface area contributed by atoms with Crippen molar-refractivity contribution in [3.63, 3.8) is 0 Å². The molecular weight excluding hydrogens is 642 g/mol. The van der Waals surface area contributed by atoms with Gasteiger partial charge in [-0.1, -0.05) is 12.1 Å². The Kier molecular flexibility index (Phi) is 12.1. The van der Waals surface area contributed by atoms with Crippen LogP contribution in [0.15, 0.2) is 40.3 Å². The summed E-state index contributed by atoms with van der Waals surface area (Å²) in [4.78, 5) is 34.5. The Bertz CT molecular complexity index is 1650. The number of aromatic nitrogens is 3. The van der Waals surface area contributed by atoms with Gasteiger partial charge in [-0.2, -0.15) is 8.42 Å². The summed E-state index contributed by atoms with van der Waals surface area (Å²) < 4.78 is 47.9. The number of rotatable bonds is 8. The molecular formula is C32H47N7O8S. The molecule has 264 valence electrons. The molecule has 3 heterocycles. The lowest BCUT2D eigenvalue weighted by atomic mass is 10.0. The molecule has 0 aliphatic carbocycles. The van der Waals surface area contributed by atoms with Crippen LogP contribution in [0.4, 0.5) is 16.2 Å². The smallest absolute Gasteiger partial charge is 0.321 e. The summed E-state index contributed by atoms with van der Waals surface area (Å²) in [6, 6.07) is 3.60. The molecule has 4 rings (SSSR count). The highest BCUT2D eigenvalue weighted by molar-refractivity contribution is 7.92. The Morgan fingerprint density at radius 1 is 1.23 bits per heavy atom. The van der Waals surface area contributed by atoms with Crippen LogP contribution in [-0.2, 0) is 21.8 Å². The molecule has 0 radical (unpaired) electrons. The van der Waals surface area contributed by atoms with Crippen LogP contribution < -0.4 is 14.8 Å². The lowest BCUT2D eigenvalue weighted by Gasteiger charge is -2.35. The van der Waals surface area contributed by atoms with Crippen LogP contribution in [0, 0.1) is 19.8 Å². The summed E-state index contributed by atoms with van der Waals surface area (Å²) >= 11 is 0. The molecule has 48 heavy (non-hydrogen) atoms. The standard InChI is InChI=1S/C32H47N7O8S/c1-20-15-39(21(2)18-40)31(41)26-14-25(36-48(43,44)29-17-37(6)19-33-29)11-12-27(26)46-22(3)10-8-9-13-45-28(20)16-38(7)32(42)34-30-23(4)35-47-24(30)5/h11-12,14,17,19-22,28,36,40H,8-10,13,15-16,18H2,1-7H3,(H,34,42)/t20-,21+,22+,28-/m0/s1. The maximum atomic E-state index is 14.3. The zero-order valence-electron chi connectivity index (χ0n) is 28.6. The van der Waals surface area contributed by atoms with Gasteiger partial charge in [-0.25, -0.2) is 9.78 Å². The first-order chi connectivity index (χ1) is 22.7. The van der Waals surface area contributed by atoms with Crippen LogP contribution >= 0.6 is 0 Å². The summed E-state index contributed by atoms with van der Waals surface area (Å²) in [5.41, 5.74) is 1.37. The van der Waals surface area contributed by atoms with Crippen molar-refractivity contribution in [3.05, 3.63) is 47.7 Å². The summed E-state index contributed by atoms with van der Waals surface area (Å²) in [5, 5.41) is 16.8. The van der Waals surface area contributed by atoms with Gasteiger partial charge in [0.1, 0.15) is 17.1 Å². The molecule has 1 aliphatic heterocycles. The first-order valence-electron chi connectivity index (χ1n) is 16.0. The predicted molar refractivity (Wildman–Crippen MR) is 179 cm³/mol. The van der Waals surface area contributed by atoms with E-state index < -0.39 is 28.1 Å². The monoisotopic (exact) mass is 689 g/mol. The highest BCUT2D eigenvalue weighted by Gasteiger charge is 2.31. The Morgan fingerprint density at radius 2 is 1.98 bits per heavy atom. The topological polar surface area (TPSA) is 181 Å². The molecule has 1 aliphatic rings. The third-order valence-corrected chi connectivity index (χ3v) is 9.59. The highest BCUT2D eigenvalue weighted by atomic mass is 32.2. The third kappa shape index (κ3) is 9.05. The molecule has 0 fully saturated rings. The Morgan fingerprint density at radius 3 is 2.62 bits per heavy atom. The number of imidazole rings is 1. The first-order valence-corrected chi connectivity index (χ1v) is 17.5.